The van der Waals surface area contributed by atoms with E-state index in [1.165, 1.54) is 124 Å². The highest BCUT2D eigenvalue weighted by Gasteiger charge is 2.52. The second-order valence-corrected chi connectivity index (χ2v) is 26.0. The molecule has 2 heterocycles. The highest BCUT2D eigenvalue weighted by atomic mass is 32.2. The van der Waals surface area contributed by atoms with Crippen molar-refractivity contribution in [3.05, 3.63) is 266 Å². The van der Waals surface area contributed by atoms with Crippen molar-refractivity contribution in [2.45, 2.75) is 45.8 Å². The summed E-state index contributed by atoms with van der Waals surface area (Å²) >= 11 is 3.91. The van der Waals surface area contributed by atoms with Crippen LogP contribution < -0.4 is 20.7 Å². The fourth-order valence-corrected chi connectivity index (χ4v) is 21.3. The minimum atomic E-state index is -2.85. The highest BCUT2D eigenvalue weighted by Crippen LogP contribution is 2.56. The summed E-state index contributed by atoms with van der Waals surface area (Å²) in [5.41, 5.74) is 18.1. The van der Waals surface area contributed by atoms with Gasteiger partial charge in [0, 0.05) is 19.6 Å². The molecule has 0 saturated carbocycles. The molecule has 0 atom stereocenters. The number of hydrogen-bond acceptors (Lipinski definition) is 2. The number of rotatable bonds is 7. The summed E-state index contributed by atoms with van der Waals surface area (Å²) in [5, 5.41) is 5.92. The Labute approximate surface area is 439 Å². The van der Waals surface area contributed by atoms with Crippen molar-refractivity contribution in [1.29, 1.82) is 0 Å². The molecule has 2 aliphatic heterocycles. The minimum absolute atomic E-state index is 0.159. The van der Waals surface area contributed by atoms with Gasteiger partial charge in [-0.15, -0.1) is 0 Å². The van der Waals surface area contributed by atoms with Crippen molar-refractivity contribution >= 4 is 52.3 Å². The number of hydrogen-bond donors (Lipinski definition) is 0. The maximum absolute atomic E-state index is 2.85. The first kappa shape index (κ1) is 45.2. The highest BCUT2D eigenvalue weighted by molar-refractivity contribution is 8.01. The Kier molecular flexibility index (Phi) is 11.4. The molecule has 348 valence electrons. The fraction of sp³-hybridized carbons (Fsp3) is 0.0571. The molecule has 1 spiro atoms. The molecule has 0 saturated heterocycles. The van der Waals surface area contributed by atoms with Crippen LogP contribution in [0.2, 0.25) is 0 Å². The lowest BCUT2D eigenvalue weighted by Crippen LogP contribution is -2.78. The van der Waals surface area contributed by atoms with Crippen LogP contribution in [0.25, 0.3) is 77.9 Å². The molecule has 0 fully saturated rings. The number of benzene rings is 11. The molecule has 73 heavy (non-hydrogen) atoms. The Hall–Kier alpha value is -7.66. The second-order valence-electron chi connectivity index (χ2n) is 20.2. The molecule has 0 radical (unpaired) electrons. The van der Waals surface area contributed by atoms with Crippen LogP contribution in [-0.4, -0.2) is 8.07 Å². The van der Waals surface area contributed by atoms with Gasteiger partial charge in [0.25, 0.3) is 0 Å². The Morgan fingerprint density at radius 3 is 0.932 bits per heavy atom. The van der Waals surface area contributed by atoms with E-state index in [9.17, 15) is 0 Å². The van der Waals surface area contributed by atoms with Crippen molar-refractivity contribution in [3.8, 4) is 77.9 Å². The molecular formula is C70H52S2Si. The topological polar surface area (TPSA) is 0 Å². The summed E-state index contributed by atoms with van der Waals surface area (Å²) in [7, 11) is -2.85. The smallest absolute Gasteiger partial charge is 0.0903 e. The van der Waals surface area contributed by atoms with E-state index in [1.54, 1.807) is 0 Å². The summed E-state index contributed by atoms with van der Waals surface area (Å²) in [6.07, 6.45) is 0. The van der Waals surface area contributed by atoms with Crippen LogP contribution in [0.5, 0.6) is 0 Å². The van der Waals surface area contributed by atoms with E-state index in [2.05, 4.69) is 282 Å². The molecule has 3 heteroatoms. The maximum Gasteiger partial charge on any atom is 0.184 e. The molecule has 0 N–H and O–H groups in total. The Balaban J connectivity index is 1.19. The second kappa shape index (κ2) is 18.4. The van der Waals surface area contributed by atoms with Crippen molar-refractivity contribution in [2.24, 2.45) is 0 Å². The van der Waals surface area contributed by atoms with Gasteiger partial charge in [0.2, 0.25) is 0 Å². The summed E-state index contributed by atoms with van der Waals surface area (Å²) in [5.74, 6) is 0. The Morgan fingerprint density at radius 1 is 0.260 bits per heavy atom. The van der Waals surface area contributed by atoms with Crippen LogP contribution in [0.3, 0.4) is 0 Å². The molecule has 11 aromatic rings. The third-order valence-electron chi connectivity index (χ3n) is 14.9. The summed E-state index contributed by atoms with van der Waals surface area (Å²) < 4.78 is 0. The minimum Gasteiger partial charge on any atom is -0.0903 e. The van der Waals surface area contributed by atoms with Gasteiger partial charge in [0.05, 0.1) is 0 Å². The van der Waals surface area contributed by atoms with Crippen molar-refractivity contribution in [3.63, 3.8) is 0 Å². The SMILES string of the molecule is CC(C)(C)c1ccc2c(c1-c1cccc(-c3c(-c4ccccc4)c(-c4ccccc4)c(-c4ccccc4)c(-c4ccccc4)c3-c3ccccc3)c1)Sc1ccccc1[Si]21c2ccccc2Sc2ccccc21. The van der Waals surface area contributed by atoms with Gasteiger partial charge in [-0.2, -0.15) is 0 Å². The predicted octanol–water partition coefficient (Wildman–Crippen LogP) is 17.0. The van der Waals surface area contributed by atoms with Gasteiger partial charge in [-0.3, -0.25) is 0 Å². The van der Waals surface area contributed by atoms with Gasteiger partial charge >= 0.3 is 0 Å². The standard InChI is InChI=1S/C70H52S2Si/c1-70(2,3)54-44-45-61-69(72-57-40-21-24-43-60(57)73(61)58-41-22-19-38-55(58)71-56-39-20-23-42-59(56)73)62(54)52-36-25-37-53(46-52)68-66(50-32-15-7-16-33-50)64(48-28-11-5-12-29-48)63(47-26-9-4-10-27-47)65(49-30-13-6-14-31-49)67(68)51-34-17-8-18-35-51/h4-46H,1-3H3. The number of fused-ring (bicyclic) bond motifs is 8. The molecule has 0 aromatic heterocycles. The van der Waals surface area contributed by atoms with E-state index >= 15 is 0 Å². The lowest BCUT2D eigenvalue weighted by Gasteiger charge is -2.44. The van der Waals surface area contributed by atoms with Gasteiger partial charge < -0.3 is 0 Å². The van der Waals surface area contributed by atoms with Crippen molar-refractivity contribution in [2.75, 3.05) is 0 Å². The van der Waals surface area contributed by atoms with E-state index in [0.29, 0.717) is 0 Å². The third kappa shape index (κ3) is 7.52. The first-order valence-electron chi connectivity index (χ1n) is 25.3. The van der Waals surface area contributed by atoms with Crippen LogP contribution in [0.15, 0.2) is 280 Å². The van der Waals surface area contributed by atoms with Gasteiger partial charge in [0.15, 0.2) is 8.07 Å². The normalized spacial score (nSPS) is 13.1. The van der Waals surface area contributed by atoms with Gasteiger partial charge in [-0.1, -0.05) is 281 Å². The summed E-state index contributed by atoms with van der Waals surface area (Å²) in [6.45, 7) is 7.17. The Bertz CT molecular complexity index is 3690. The average molecular weight is 985 g/mol. The zero-order valence-electron chi connectivity index (χ0n) is 41.1. The molecular weight excluding hydrogens is 933 g/mol. The molecule has 0 aliphatic carbocycles. The van der Waals surface area contributed by atoms with Crippen molar-refractivity contribution in [1.82, 2.24) is 0 Å². The molecule has 0 nitrogen and oxygen atoms in total. The maximum atomic E-state index is 2.55. The first-order valence-corrected chi connectivity index (χ1v) is 29.0. The largest absolute Gasteiger partial charge is 0.184 e. The third-order valence-corrected chi connectivity index (χ3v) is 23.0. The lowest BCUT2D eigenvalue weighted by molar-refractivity contribution is 0.591. The lowest BCUT2D eigenvalue weighted by atomic mass is 9.74. The quantitative estimate of drug-likeness (QED) is 0.146. The Morgan fingerprint density at radius 2 is 0.562 bits per heavy atom. The van der Waals surface area contributed by atoms with Crippen molar-refractivity contribution < 1.29 is 0 Å². The molecule has 0 unspecified atom stereocenters. The summed E-state index contributed by atoms with van der Waals surface area (Å²) in [4.78, 5) is 5.48. The molecule has 2 aliphatic rings. The van der Waals surface area contributed by atoms with Gasteiger partial charge in [0.1, 0.15) is 0 Å². The monoisotopic (exact) mass is 984 g/mol. The average Bonchev–Trinajstić information content (AvgIpc) is 3.45. The predicted molar refractivity (Wildman–Crippen MR) is 315 cm³/mol. The van der Waals surface area contributed by atoms with E-state index in [-0.39, 0.29) is 5.41 Å². The zero-order chi connectivity index (χ0) is 49.1. The van der Waals surface area contributed by atoms with Gasteiger partial charge in [-0.25, -0.2) is 0 Å². The van der Waals surface area contributed by atoms with Crippen LogP contribution in [-0.2, 0) is 5.41 Å². The zero-order valence-corrected chi connectivity index (χ0v) is 43.8. The van der Waals surface area contributed by atoms with Crippen LogP contribution >= 0.6 is 23.5 Å². The van der Waals surface area contributed by atoms with Crippen LogP contribution in [0.4, 0.5) is 0 Å². The van der Waals surface area contributed by atoms with E-state index in [0.717, 1.165) is 0 Å². The molecule has 0 bridgehead atoms. The molecule has 11 aromatic carbocycles. The van der Waals surface area contributed by atoms with E-state index in [1.807, 2.05) is 23.5 Å². The van der Waals surface area contributed by atoms with Crippen LogP contribution in [0.1, 0.15) is 26.3 Å². The molecule has 13 rings (SSSR count). The first-order chi connectivity index (χ1) is 35.9. The van der Waals surface area contributed by atoms with Crippen LogP contribution in [0, 0.1) is 0 Å². The molecule has 0 amide bonds. The summed E-state index contributed by atoms with van der Waals surface area (Å²) in [6, 6.07) is 98.2. The fourth-order valence-electron chi connectivity index (χ4n) is 11.9. The van der Waals surface area contributed by atoms with Gasteiger partial charge in [-0.05, 0) is 134 Å². The van der Waals surface area contributed by atoms with E-state index < -0.39 is 8.07 Å². The van der Waals surface area contributed by atoms with E-state index in [4.69, 9.17) is 0 Å².